The predicted molar refractivity (Wildman–Crippen MR) is 92.8 cm³/mol. The van der Waals surface area contributed by atoms with Gasteiger partial charge in [-0.3, -0.25) is 9.59 Å². The molecule has 4 heteroatoms. The van der Waals surface area contributed by atoms with E-state index >= 15 is 0 Å². The average Bonchev–Trinajstić information content (AvgIpc) is 2.78. The third-order valence-electron chi connectivity index (χ3n) is 5.02. The van der Waals surface area contributed by atoms with Crippen LogP contribution in [0.15, 0.2) is 6.07 Å². The van der Waals surface area contributed by atoms with E-state index in [4.69, 9.17) is 0 Å². The summed E-state index contributed by atoms with van der Waals surface area (Å²) in [5.74, 6) is 0.288. The van der Waals surface area contributed by atoms with E-state index in [1.165, 1.54) is 0 Å². The molecule has 0 saturated carbocycles. The number of benzene rings is 1. The Morgan fingerprint density at radius 1 is 0.913 bits per heavy atom. The first-order chi connectivity index (χ1) is 10.9. The van der Waals surface area contributed by atoms with E-state index in [0.29, 0.717) is 19.5 Å². The van der Waals surface area contributed by atoms with Gasteiger partial charge in [-0.25, -0.2) is 0 Å². The van der Waals surface area contributed by atoms with Crippen molar-refractivity contribution in [3.63, 3.8) is 0 Å². The highest BCUT2D eigenvalue weighted by Crippen LogP contribution is 2.23. The molecule has 1 fully saturated rings. The first kappa shape index (κ1) is 17.5. The first-order valence-electron chi connectivity index (χ1n) is 8.51. The van der Waals surface area contributed by atoms with Gasteiger partial charge in [0.25, 0.3) is 5.91 Å². The molecule has 0 N–H and O–H groups in total. The van der Waals surface area contributed by atoms with Gasteiger partial charge in [0.05, 0.1) is 0 Å². The largest absolute Gasteiger partial charge is 0.341 e. The van der Waals surface area contributed by atoms with E-state index in [0.717, 1.165) is 47.3 Å². The van der Waals surface area contributed by atoms with E-state index in [2.05, 4.69) is 19.9 Å². The monoisotopic (exact) mass is 316 g/mol. The van der Waals surface area contributed by atoms with Gasteiger partial charge < -0.3 is 9.80 Å². The van der Waals surface area contributed by atoms with Crippen molar-refractivity contribution in [2.45, 2.75) is 47.5 Å². The van der Waals surface area contributed by atoms with Gasteiger partial charge in [-0.1, -0.05) is 13.0 Å². The number of nitrogens with zero attached hydrogens (tertiary/aromatic N) is 2. The third-order valence-corrected chi connectivity index (χ3v) is 5.02. The van der Waals surface area contributed by atoms with Crippen molar-refractivity contribution in [3.05, 3.63) is 33.9 Å². The van der Waals surface area contributed by atoms with Gasteiger partial charge in [0.15, 0.2) is 0 Å². The topological polar surface area (TPSA) is 40.6 Å². The van der Waals surface area contributed by atoms with Gasteiger partial charge in [0, 0.05) is 38.2 Å². The fourth-order valence-electron chi connectivity index (χ4n) is 3.29. The van der Waals surface area contributed by atoms with Crippen LogP contribution in [-0.4, -0.2) is 47.8 Å². The molecule has 1 aromatic carbocycles. The Kier molecular flexibility index (Phi) is 5.45. The molecule has 0 radical (unpaired) electrons. The minimum Gasteiger partial charge on any atom is -0.341 e. The van der Waals surface area contributed by atoms with Crippen LogP contribution < -0.4 is 0 Å². The van der Waals surface area contributed by atoms with Crippen LogP contribution in [0.4, 0.5) is 0 Å². The first-order valence-corrected chi connectivity index (χ1v) is 8.51. The number of amides is 2. The van der Waals surface area contributed by atoms with E-state index in [9.17, 15) is 9.59 Å². The number of hydrogen-bond acceptors (Lipinski definition) is 2. The standard InChI is InChI=1S/C19H28N2O2/c1-6-17(22)20-8-7-9-21(11-10-20)19(23)18-15(4)13(2)12-14(3)16(18)5/h12H,6-11H2,1-5H3. The average molecular weight is 316 g/mol. The van der Waals surface area contributed by atoms with Crippen LogP contribution in [0, 0.1) is 27.7 Å². The number of carbonyl (C=O) groups is 2. The highest BCUT2D eigenvalue weighted by atomic mass is 16.2. The second-order valence-electron chi connectivity index (χ2n) is 6.52. The zero-order chi connectivity index (χ0) is 17.1. The molecule has 1 aromatic rings. The Morgan fingerprint density at radius 3 is 2.00 bits per heavy atom. The smallest absolute Gasteiger partial charge is 0.254 e. The fraction of sp³-hybridized carbons (Fsp3) is 0.579. The summed E-state index contributed by atoms with van der Waals surface area (Å²) in [5, 5.41) is 0. The summed E-state index contributed by atoms with van der Waals surface area (Å²) in [6.45, 7) is 12.8. The SMILES string of the molecule is CCC(=O)N1CCCN(C(=O)c2c(C)c(C)cc(C)c2C)CC1. The lowest BCUT2D eigenvalue weighted by Gasteiger charge is -2.24. The quantitative estimate of drug-likeness (QED) is 0.841. The molecule has 1 aliphatic heterocycles. The molecule has 0 bridgehead atoms. The molecule has 0 aromatic heterocycles. The van der Waals surface area contributed by atoms with Crippen LogP contribution >= 0.6 is 0 Å². The van der Waals surface area contributed by atoms with Crippen molar-refractivity contribution in [2.75, 3.05) is 26.2 Å². The highest BCUT2D eigenvalue weighted by Gasteiger charge is 2.25. The van der Waals surface area contributed by atoms with Crippen LogP contribution in [0.2, 0.25) is 0 Å². The van der Waals surface area contributed by atoms with Crippen LogP contribution in [0.25, 0.3) is 0 Å². The van der Waals surface area contributed by atoms with Gasteiger partial charge in [-0.05, 0) is 56.4 Å². The third kappa shape index (κ3) is 3.57. The Bertz CT molecular complexity index is 596. The zero-order valence-electron chi connectivity index (χ0n) is 15.0. The molecule has 0 spiro atoms. The molecule has 23 heavy (non-hydrogen) atoms. The Hall–Kier alpha value is -1.84. The normalized spacial score (nSPS) is 15.5. The van der Waals surface area contributed by atoms with Crippen molar-refractivity contribution in [2.24, 2.45) is 0 Å². The minimum absolute atomic E-state index is 0.109. The zero-order valence-corrected chi connectivity index (χ0v) is 15.0. The van der Waals surface area contributed by atoms with Gasteiger partial charge in [0.2, 0.25) is 5.91 Å². The van der Waals surface area contributed by atoms with Crippen LogP contribution in [0.5, 0.6) is 0 Å². The lowest BCUT2D eigenvalue weighted by atomic mass is 9.93. The predicted octanol–water partition coefficient (Wildman–Crippen LogP) is 3.00. The molecule has 4 nitrogen and oxygen atoms in total. The Balaban J connectivity index is 2.23. The Labute approximate surface area is 139 Å². The lowest BCUT2D eigenvalue weighted by molar-refractivity contribution is -0.130. The minimum atomic E-state index is 0.109. The number of rotatable bonds is 2. The van der Waals surface area contributed by atoms with E-state index < -0.39 is 0 Å². The van der Waals surface area contributed by atoms with Gasteiger partial charge in [-0.15, -0.1) is 0 Å². The van der Waals surface area contributed by atoms with E-state index in [1.807, 2.05) is 30.6 Å². The summed E-state index contributed by atoms with van der Waals surface area (Å²) in [7, 11) is 0. The molecular weight excluding hydrogens is 288 g/mol. The molecule has 2 rings (SSSR count). The van der Waals surface area contributed by atoms with Gasteiger partial charge in [0.1, 0.15) is 0 Å². The summed E-state index contributed by atoms with van der Waals surface area (Å²) in [6.07, 6.45) is 1.38. The molecule has 0 unspecified atom stereocenters. The summed E-state index contributed by atoms with van der Waals surface area (Å²) in [5.41, 5.74) is 5.31. The Morgan fingerprint density at radius 2 is 1.43 bits per heavy atom. The van der Waals surface area contributed by atoms with Crippen molar-refractivity contribution in [1.82, 2.24) is 9.80 Å². The van der Waals surface area contributed by atoms with Gasteiger partial charge in [-0.2, -0.15) is 0 Å². The second-order valence-corrected chi connectivity index (χ2v) is 6.52. The lowest BCUT2D eigenvalue weighted by Crippen LogP contribution is -2.37. The molecule has 1 heterocycles. The van der Waals surface area contributed by atoms with E-state index in [1.54, 1.807) is 0 Å². The molecular formula is C19H28N2O2. The highest BCUT2D eigenvalue weighted by molar-refractivity contribution is 5.97. The van der Waals surface area contributed by atoms with Crippen LogP contribution in [0.3, 0.4) is 0 Å². The summed E-state index contributed by atoms with van der Waals surface area (Å²) in [6, 6.07) is 2.14. The van der Waals surface area contributed by atoms with Crippen molar-refractivity contribution >= 4 is 11.8 Å². The number of carbonyl (C=O) groups excluding carboxylic acids is 2. The number of hydrogen-bond donors (Lipinski definition) is 0. The summed E-state index contributed by atoms with van der Waals surface area (Å²) in [4.78, 5) is 28.8. The summed E-state index contributed by atoms with van der Waals surface area (Å²) >= 11 is 0. The second kappa shape index (κ2) is 7.16. The number of aryl methyl sites for hydroxylation is 2. The summed E-state index contributed by atoms with van der Waals surface area (Å²) < 4.78 is 0. The van der Waals surface area contributed by atoms with Crippen LogP contribution in [0.1, 0.15) is 52.4 Å². The van der Waals surface area contributed by atoms with Crippen molar-refractivity contribution in [3.8, 4) is 0 Å². The molecule has 1 saturated heterocycles. The van der Waals surface area contributed by atoms with E-state index in [-0.39, 0.29) is 11.8 Å². The molecule has 2 amide bonds. The molecule has 0 aliphatic carbocycles. The molecule has 0 atom stereocenters. The van der Waals surface area contributed by atoms with Crippen molar-refractivity contribution < 1.29 is 9.59 Å². The van der Waals surface area contributed by atoms with Crippen molar-refractivity contribution in [1.29, 1.82) is 0 Å². The maximum Gasteiger partial charge on any atom is 0.254 e. The maximum atomic E-state index is 13.1. The fourth-order valence-corrected chi connectivity index (χ4v) is 3.29. The molecule has 1 aliphatic rings. The van der Waals surface area contributed by atoms with Gasteiger partial charge >= 0.3 is 0 Å². The molecule has 126 valence electrons. The van der Waals surface area contributed by atoms with Crippen LogP contribution in [-0.2, 0) is 4.79 Å². The maximum absolute atomic E-state index is 13.1.